The van der Waals surface area contributed by atoms with E-state index >= 15 is 0 Å². The van der Waals surface area contributed by atoms with Gasteiger partial charge in [-0.15, -0.1) is 0 Å². The lowest BCUT2D eigenvalue weighted by Gasteiger charge is -2.56. The molecule has 1 saturated carbocycles. The topological polar surface area (TPSA) is 3.24 Å². The van der Waals surface area contributed by atoms with Crippen molar-refractivity contribution in [2.45, 2.75) is 52.6 Å². The van der Waals surface area contributed by atoms with Gasteiger partial charge in [0.05, 0.1) is 6.54 Å². The SMILES string of the molecule is CC(C)(C)C1CC2(CCN(CC(F)(F)F)CC2)C1. The van der Waals surface area contributed by atoms with E-state index in [2.05, 4.69) is 20.8 Å². The molecule has 2 rings (SSSR count). The molecule has 0 amide bonds. The van der Waals surface area contributed by atoms with Crippen LogP contribution in [0.2, 0.25) is 0 Å². The zero-order valence-electron chi connectivity index (χ0n) is 11.6. The molecule has 4 heteroatoms. The highest BCUT2D eigenvalue weighted by Gasteiger charge is 2.49. The summed E-state index contributed by atoms with van der Waals surface area (Å²) in [5.74, 6) is 0.756. The summed E-state index contributed by atoms with van der Waals surface area (Å²) >= 11 is 0. The van der Waals surface area contributed by atoms with E-state index in [1.165, 1.54) is 12.8 Å². The smallest absolute Gasteiger partial charge is 0.295 e. The number of hydrogen-bond acceptors (Lipinski definition) is 1. The van der Waals surface area contributed by atoms with E-state index in [9.17, 15) is 13.2 Å². The van der Waals surface area contributed by atoms with Gasteiger partial charge < -0.3 is 0 Å². The molecule has 1 nitrogen and oxygen atoms in total. The summed E-state index contributed by atoms with van der Waals surface area (Å²) in [6.45, 7) is 7.31. The van der Waals surface area contributed by atoms with Gasteiger partial charge in [-0.1, -0.05) is 20.8 Å². The van der Waals surface area contributed by atoms with Crippen LogP contribution in [-0.2, 0) is 0 Å². The monoisotopic (exact) mass is 263 g/mol. The molecule has 0 aromatic rings. The number of alkyl halides is 3. The molecule has 106 valence electrons. The minimum absolute atomic E-state index is 0.356. The summed E-state index contributed by atoms with van der Waals surface area (Å²) in [6, 6.07) is 0. The van der Waals surface area contributed by atoms with Crippen LogP contribution in [-0.4, -0.2) is 30.7 Å². The average molecular weight is 263 g/mol. The maximum Gasteiger partial charge on any atom is 0.401 e. The second-order valence-electron chi connectivity index (χ2n) is 7.36. The van der Waals surface area contributed by atoms with Gasteiger partial charge in [-0.2, -0.15) is 13.2 Å². The summed E-state index contributed by atoms with van der Waals surface area (Å²) in [6.07, 6.45) is 0.302. The fraction of sp³-hybridized carbons (Fsp3) is 1.00. The van der Waals surface area contributed by atoms with Crippen molar-refractivity contribution in [3.8, 4) is 0 Å². The van der Waals surface area contributed by atoms with Gasteiger partial charge in [0.2, 0.25) is 0 Å². The van der Waals surface area contributed by atoms with Crippen LogP contribution in [0.3, 0.4) is 0 Å². The van der Waals surface area contributed by atoms with Gasteiger partial charge in [0.15, 0.2) is 0 Å². The van der Waals surface area contributed by atoms with Crippen molar-refractivity contribution in [3.63, 3.8) is 0 Å². The molecule has 0 N–H and O–H groups in total. The molecule has 2 aliphatic rings. The van der Waals surface area contributed by atoms with Crippen LogP contribution in [0.25, 0.3) is 0 Å². The van der Waals surface area contributed by atoms with Crippen molar-refractivity contribution in [2.75, 3.05) is 19.6 Å². The van der Waals surface area contributed by atoms with Crippen molar-refractivity contribution >= 4 is 0 Å². The molecule has 0 aromatic heterocycles. The lowest BCUT2D eigenvalue weighted by Crippen LogP contribution is -2.51. The first-order chi connectivity index (χ1) is 8.10. The molecule has 0 aromatic carbocycles. The molecule has 2 fully saturated rings. The number of likely N-dealkylation sites (tertiary alicyclic amines) is 1. The Balaban J connectivity index is 1.79. The maximum atomic E-state index is 12.3. The minimum Gasteiger partial charge on any atom is -0.295 e. The van der Waals surface area contributed by atoms with Crippen LogP contribution in [0.4, 0.5) is 13.2 Å². The molecule has 0 unspecified atom stereocenters. The Morgan fingerprint density at radius 2 is 1.56 bits per heavy atom. The normalized spacial score (nSPS) is 26.3. The lowest BCUT2D eigenvalue weighted by atomic mass is 9.52. The third-order valence-corrected chi connectivity index (χ3v) is 4.90. The minimum atomic E-state index is -4.04. The summed E-state index contributed by atoms with van der Waals surface area (Å²) < 4.78 is 36.9. The van der Waals surface area contributed by atoms with Crippen LogP contribution in [0.1, 0.15) is 46.5 Å². The molecule has 1 heterocycles. The van der Waals surface area contributed by atoms with E-state index in [0.29, 0.717) is 23.9 Å². The first kappa shape index (κ1) is 14.2. The van der Waals surface area contributed by atoms with Crippen molar-refractivity contribution in [2.24, 2.45) is 16.7 Å². The van der Waals surface area contributed by atoms with Crippen LogP contribution >= 0.6 is 0 Å². The highest BCUT2D eigenvalue weighted by molar-refractivity contribution is 5.00. The molecule has 1 aliphatic heterocycles. The Kier molecular flexibility index (Phi) is 3.46. The number of nitrogens with zero attached hydrogens (tertiary/aromatic N) is 1. The predicted octanol–water partition coefficient (Wildman–Crippen LogP) is 4.09. The molecule has 1 spiro atoms. The summed E-state index contributed by atoms with van der Waals surface area (Å²) in [5.41, 5.74) is 0.731. The van der Waals surface area contributed by atoms with Crippen molar-refractivity contribution < 1.29 is 13.2 Å². The number of hydrogen-bond donors (Lipinski definition) is 0. The van der Waals surface area contributed by atoms with Crippen molar-refractivity contribution in [3.05, 3.63) is 0 Å². The first-order valence-corrected chi connectivity index (χ1v) is 6.89. The van der Waals surface area contributed by atoms with Gasteiger partial charge >= 0.3 is 6.18 Å². The molecule has 18 heavy (non-hydrogen) atoms. The van der Waals surface area contributed by atoms with Gasteiger partial charge in [0.25, 0.3) is 0 Å². The number of halogens is 3. The zero-order chi connectivity index (χ0) is 13.6. The lowest BCUT2D eigenvalue weighted by molar-refractivity contribution is -0.155. The van der Waals surface area contributed by atoms with Gasteiger partial charge in [-0.3, -0.25) is 4.90 Å². The fourth-order valence-corrected chi connectivity index (χ4v) is 3.45. The highest BCUT2D eigenvalue weighted by atomic mass is 19.4. The van der Waals surface area contributed by atoms with Crippen LogP contribution in [0.5, 0.6) is 0 Å². The summed E-state index contributed by atoms with van der Waals surface area (Å²) in [4.78, 5) is 1.57. The third-order valence-electron chi connectivity index (χ3n) is 4.90. The van der Waals surface area contributed by atoms with Gasteiger partial charge in [0.1, 0.15) is 0 Å². The molecule has 0 bridgehead atoms. The molecule has 1 aliphatic carbocycles. The standard InChI is InChI=1S/C14H24F3N/c1-12(2,3)11-8-13(9-11)4-6-18(7-5-13)10-14(15,16)17/h11H,4-10H2,1-3H3. The van der Waals surface area contributed by atoms with Crippen LogP contribution in [0.15, 0.2) is 0 Å². The molecule has 1 saturated heterocycles. The molecular weight excluding hydrogens is 239 g/mol. The van der Waals surface area contributed by atoms with Gasteiger partial charge in [0, 0.05) is 0 Å². The summed E-state index contributed by atoms with van der Waals surface area (Å²) in [7, 11) is 0. The van der Waals surface area contributed by atoms with Crippen LogP contribution in [0, 0.1) is 16.7 Å². The molecule has 0 atom stereocenters. The zero-order valence-corrected chi connectivity index (χ0v) is 11.6. The van der Waals surface area contributed by atoms with Crippen molar-refractivity contribution in [1.29, 1.82) is 0 Å². The van der Waals surface area contributed by atoms with Crippen LogP contribution < -0.4 is 0 Å². The van der Waals surface area contributed by atoms with Crippen molar-refractivity contribution in [1.82, 2.24) is 4.90 Å². The fourth-order valence-electron chi connectivity index (χ4n) is 3.45. The maximum absolute atomic E-state index is 12.3. The van der Waals surface area contributed by atoms with Gasteiger partial charge in [-0.25, -0.2) is 0 Å². The Labute approximate surface area is 108 Å². The Hall–Kier alpha value is -0.250. The third kappa shape index (κ3) is 3.19. The van der Waals surface area contributed by atoms with E-state index in [4.69, 9.17) is 0 Å². The second-order valence-corrected chi connectivity index (χ2v) is 7.36. The Morgan fingerprint density at radius 3 is 1.94 bits per heavy atom. The summed E-state index contributed by atoms with van der Waals surface area (Å²) in [5, 5.41) is 0. The molecular formula is C14H24F3N. The van der Waals surface area contributed by atoms with E-state index in [0.717, 1.165) is 18.8 Å². The van der Waals surface area contributed by atoms with E-state index in [-0.39, 0.29) is 0 Å². The first-order valence-electron chi connectivity index (χ1n) is 6.89. The van der Waals surface area contributed by atoms with E-state index in [1.807, 2.05) is 0 Å². The van der Waals surface area contributed by atoms with E-state index < -0.39 is 12.7 Å². The van der Waals surface area contributed by atoms with E-state index in [1.54, 1.807) is 4.90 Å². The number of rotatable bonds is 1. The Morgan fingerprint density at radius 1 is 1.06 bits per heavy atom. The largest absolute Gasteiger partial charge is 0.401 e. The average Bonchev–Trinajstić information content (AvgIpc) is 2.11. The van der Waals surface area contributed by atoms with Gasteiger partial charge in [-0.05, 0) is 55.5 Å². The highest BCUT2D eigenvalue weighted by Crippen LogP contribution is 2.57. The Bertz CT molecular complexity index is 287. The predicted molar refractivity (Wildman–Crippen MR) is 66.3 cm³/mol. The number of piperidine rings is 1. The second kappa shape index (κ2) is 4.39. The quantitative estimate of drug-likeness (QED) is 0.689. The molecule has 0 radical (unpaired) electrons.